The lowest BCUT2D eigenvalue weighted by Gasteiger charge is -2.30. The number of benzene rings is 1. The Morgan fingerprint density at radius 2 is 2.04 bits per heavy atom. The van der Waals surface area contributed by atoms with Crippen molar-refractivity contribution in [3.63, 3.8) is 0 Å². The lowest BCUT2D eigenvalue weighted by atomic mass is 10.1. The molecule has 0 amide bonds. The monoisotopic (exact) mass is 341 g/mol. The first-order valence-corrected chi connectivity index (χ1v) is 8.63. The summed E-state index contributed by atoms with van der Waals surface area (Å²) in [6.45, 7) is 2.20. The number of H-pyrrole nitrogens is 1. The molecule has 2 N–H and O–H groups in total. The van der Waals surface area contributed by atoms with Crippen molar-refractivity contribution in [3.8, 4) is 11.3 Å². The van der Waals surface area contributed by atoms with E-state index in [1.54, 1.807) is 0 Å². The molecule has 0 spiro atoms. The van der Waals surface area contributed by atoms with Crippen LogP contribution in [0.1, 0.15) is 12.8 Å². The maximum atomic E-state index is 5.98. The maximum Gasteiger partial charge on any atom is 0.158 e. The minimum atomic E-state index is 0.414. The molecule has 3 heterocycles. The Bertz CT molecular complexity index is 842. The highest BCUT2D eigenvalue weighted by atomic mass is 35.5. The van der Waals surface area contributed by atoms with Gasteiger partial charge in [0.1, 0.15) is 5.69 Å². The molecular formula is C18H20ClN5. The number of likely N-dealkylation sites (tertiary alicyclic amines) is 1. The highest BCUT2D eigenvalue weighted by Gasteiger charge is 2.19. The number of rotatable bonds is 3. The zero-order valence-electron chi connectivity index (χ0n) is 13.6. The number of nitrogens with one attached hydrogen (secondary N) is 2. The zero-order valence-corrected chi connectivity index (χ0v) is 14.3. The number of piperidine rings is 1. The molecule has 24 heavy (non-hydrogen) atoms. The van der Waals surface area contributed by atoms with Gasteiger partial charge in [-0.3, -0.25) is 0 Å². The van der Waals surface area contributed by atoms with Crippen molar-refractivity contribution in [2.24, 2.45) is 0 Å². The first-order chi connectivity index (χ1) is 11.7. The Morgan fingerprint density at radius 3 is 2.83 bits per heavy atom. The number of halogens is 1. The number of anilines is 1. The van der Waals surface area contributed by atoms with Gasteiger partial charge in [-0.1, -0.05) is 23.7 Å². The van der Waals surface area contributed by atoms with Gasteiger partial charge in [-0.2, -0.15) is 0 Å². The molecule has 1 aromatic carbocycles. The molecule has 6 heteroatoms. The Hall–Kier alpha value is -2.11. The second kappa shape index (κ2) is 6.42. The standard InChI is InChI=1S/C18H20ClN5/c1-24-10-2-3-14(11-24)21-18-15-8-9-20-17(15)16(22-23-18)12-4-6-13(19)7-5-12/h4-9,14,20H,2-3,10-11H2,1H3,(H,21,23)/t14-/m1/s1. The van der Waals surface area contributed by atoms with E-state index in [1.807, 2.05) is 30.5 Å². The van der Waals surface area contributed by atoms with Crippen molar-refractivity contribution in [2.75, 3.05) is 25.5 Å². The van der Waals surface area contributed by atoms with E-state index in [2.05, 4.69) is 38.5 Å². The molecule has 1 aliphatic heterocycles. The van der Waals surface area contributed by atoms with Gasteiger partial charge in [-0.05, 0) is 44.6 Å². The fraction of sp³-hybridized carbons (Fsp3) is 0.333. The molecule has 4 rings (SSSR count). The van der Waals surface area contributed by atoms with Gasteiger partial charge in [-0.25, -0.2) is 0 Å². The van der Waals surface area contributed by atoms with Crippen LogP contribution >= 0.6 is 11.6 Å². The van der Waals surface area contributed by atoms with Crippen LogP contribution in [-0.2, 0) is 0 Å². The molecule has 1 fully saturated rings. The van der Waals surface area contributed by atoms with Crippen LogP contribution in [0.25, 0.3) is 22.2 Å². The number of aromatic amines is 1. The van der Waals surface area contributed by atoms with Gasteiger partial charge >= 0.3 is 0 Å². The van der Waals surface area contributed by atoms with Crippen LogP contribution in [0, 0.1) is 0 Å². The van der Waals surface area contributed by atoms with Gasteiger partial charge in [0.2, 0.25) is 0 Å². The summed E-state index contributed by atoms with van der Waals surface area (Å²) in [6.07, 6.45) is 4.31. The SMILES string of the molecule is CN1CCC[C@@H](Nc2nnc(-c3ccc(Cl)cc3)c3[nH]ccc23)C1. The Labute approximate surface area is 146 Å². The summed E-state index contributed by atoms with van der Waals surface area (Å²) in [5.74, 6) is 0.851. The van der Waals surface area contributed by atoms with E-state index in [-0.39, 0.29) is 0 Å². The van der Waals surface area contributed by atoms with Gasteiger partial charge in [0, 0.05) is 34.8 Å². The molecule has 1 saturated heterocycles. The minimum absolute atomic E-state index is 0.414. The van der Waals surface area contributed by atoms with Crippen LogP contribution < -0.4 is 5.32 Å². The van der Waals surface area contributed by atoms with Crippen LogP contribution in [0.15, 0.2) is 36.5 Å². The summed E-state index contributed by atoms with van der Waals surface area (Å²) in [7, 11) is 2.16. The highest BCUT2D eigenvalue weighted by molar-refractivity contribution is 6.30. The summed E-state index contributed by atoms with van der Waals surface area (Å²) in [5.41, 5.74) is 2.85. The fourth-order valence-electron chi connectivity index (χ4n) is 3.36. The quantitative estimate of drug-likeness (QED) is 0.761. The highest BCUT2D eigenvalue weighted by Crippen LogP contribution is 2.30. The van der Waals surface area contributed by atoms with E-state index in [9.17, 15) is 0 Å². The molecule has 0 bridgehead atoms. The second-order valence-corrected chi connectivity index (χ2v) is 6.85. The molecule has 5 nitrogen and oxygen atoms in total. The average molecular weight is 342 g/mol. The number of hydrogen-bond donors (Lipinski definition) is 2. The van der Waals surface area contributed by atoms with Crippen LogP contribution in [0.5, 0.6) is 0 Å². The lowest BCUT2D eigenvalue weighted by Crippen LogP contribution is -2.40. The summed E-state index contributed by atoms with van der Waals surface area (Å²) >= 11 is 5.98. The lowest BCUT2D eigenvalue weighted by molar-refractivity contribution is 0.261. The zero-order chi connectivity index (χ0) is 16.5. The molecule has 1 aliphatic rings. The van der Waals surface area contributed by atoms with E-state index in [4.69, 9.17) is 11.6 Å². The molecule has 1 atom stereocenters. The summed E-state index contributed by atoms with van der Waals surface area (Å²) in [5, 5.41) is 14.3. The van der Waals surface area contributed by atoms with Crippen LogP contribution in [0.3, 0.4) is 0 Å². The third kappa shape index (κ3) is 2.97. The molecule has 0 saturated carbocycles. The molecule has 0 unspecified atom stereocenters. The van der Waals surface area contributed by atoms with Gasteiger partial charge in [0.05, 0.1) is 5.52 Å². The van der Waals surface area contributed by atoms with Gasteiger partial charge in [0.25, 0.3) is 0 Å². The summed E-state index contributed by atoms with van der Waals surface area (Å²) in [4.78, 5) is 5.65. The van der Waals surface area contributed by atoms with E-state index in [1.165, 1.54) is 13.0 Å². The topological polar surface area (TPSA) is 56.8 Å². The van der Waals surface area contributed by atoms with Crippen LogP contribution in [0.2, 0.25) is 5.02 Å². The number of hydrogen-bond acceptors (Lipinski definition) is 4. The van der Waals surface area contributed by atoms with Crippen molar-refractivity contribution >= 4 is 28.3 Å². The molecule has 2 aromatic heterocycles. The molecule has 124 valence electrons. The van der Waals surface area contributed by atoms with Crippen molar-refractivity contribution in [3.05, 3.63) is 41.6 Å². The molecule has 3 aromatic rings. The Kier molecular flexibility index (Phi) is 4.12. The first kappa shape index (κ1) is 15.4. The van der Waals surface area contributed by atoms with Crippen molar-refractivity contribution < 1.29 is 0 Å². The fourth-order valence-corrected chi connectivity index (χ4v) is 3.49. The van der Waals surface area contributed by atoms with Crippen molar-refractivity contribution in [2.45, 2.75) is 18.9 Å². The second-order valence-electron chi connectivity index (χ2n) is 6.42. The predicted octanol–water partition coefficient (Wildman–Crippen LogP) is 3.78. The normalized spacial score (nSPS) is 18.8. The smallest absolute Gasteiger partial charge is 0.158 e. The average Bonchev–Trinajstić information content (AvgIpc) is 3.06. The largest absolute Gasteiger partial charge is 0.364 e. The van der Waals surface area contributed by atoms with Gasteiger partial charge < -0.3 is 15.2 Å². The van der Waals surface area contributed by atoms with Crippen LogP contribution in [-0.4, -0.2) is 46.3 Å². The van der Waals surface area contributed by atoms with Gasteiger partial charge in [-0.15, -0.1) is 10.2 Å². The first-order valence-electron chi connectivity index (χ1n) is 8.25. The molecule has 0 aliphatic carbocycles. The number of nitrogens with zero attached hydrogens (tertiary/aromatic N) is 3. The van der Waals surface area contributed by atoms with Crippen molar-refractivity contribution in [1.82, 2.24) is 20.1 Å². The Morgan fingerprint density at radius 1 is 1.21 bits per heavy atom. The summed E-state index contributed by atoms with van der Waals surface area (Å²) < 4.78 is 0. The third-order valence-corrected chi connectivity index (χ3v) is 4.82. The number of likely N-dealkylation sites (N-methyl/N-ethyl adjacent to an activating group) is 1. The maximum absolute atomic E-state index is 5.98. The number of aromatic nitrogens is 3. The molecule has 0 radical (unpaired) electrons. The van der Waals surface area contributed by atoms with E-state index in [0.717, 1.165) is 40.9 Å². The summed E-state index contributed by atoms with van der Waals surface area (Å²) in [6, 6.07) is 10.1. The van der Waals surface area contributed by atoms with E-state index < -0.39 is 0 Å². The predicted molar refractivity (Wildman–Crippen MR) is 98.5 cm³/mol. The minimum Gasteiger partial charge on any atom is -0.364 e. The van der Waals surface area contributed by atoms with E-state index in [0.29, 0.717) is 11.1 Å². The third-order valence-electron chi connectivity index (χ3n) is 4.57. The van der Waals surface area contributed by atoms with Crippen LogP contribution in [0.4, 0.5) is 5.82 Å². The Balaban J connectivity index is 1.68. The van der Waals surface area contributed by atoms with E-state index >= 15 is 0 Å². The molecular weight excluding hydrogens is 322 g/mol. The number of fused-ring (bicyclic) bond motifs is 1. The van der Waals surface area contributed by atoms with Crippen molar-refractivity contribution in [1.29, 1.82) is 0 Å². The van der Waals surface area contributed by atoms with Gasteiger partial charge in [0.15, 0.2) is 5.82 Å².